The van der Waals surface area contributed by atoms with Crippen molar-refractivity contribution in [1.82, 2.24) is 14.5 Å². The molecule has 0 radical (unpaired) electrons. The molecular formula is C19H25Cl2N5. The van der Waals surface area contributed by atoms with Crippen molar-refractivity contribution < 1.29 is 0 Å². The van der Waals surface area contributed by atoms with Crippen LogP contribution in [0.2, 0.25) is 0 Å². The van der Waals surface area contributed by atoms with Crippen molar-refractivity contribution in [2.75, 3.05) is 11.9 Å². The molecule has 5 nitrogen and oxygen atoms in total. The van der Waals surface area contributed by atoms with Gasteiger partial charge in [0.25, 0.3) is 0 Å². The maximum Gasteiger partial charge on any atom is 0.129 e. The van der Waals surface area contributed by atoms with Crippen LogP contribution >= 0.6 is 24.8 Å². The summed E-state index contributed by atoms with van der Waals surface area (Å²) in [5.74, 6) is 1.40. The number of aryl methyl sites for hydroxylation is 1. The Bertz CT molecular complexity index is 858. The van der Waals surface area contributed by atoms with Gasteiger partial charge in [0.2, 0.25) is 0 Å². The Morgan fingerprint density at radius 2 is 1.92 bits per heavy atom. The van der Waals surface area contributed by atoms with Gasteiger partial charge in [-0.2, -0.15) is 0 Å². The lowest BCUT2D eigenvalue weighted by molar-refractivity contribution is 0.345. The summed E-state index contributed by atoms with van der Waals surface area (Å²) in [4.78, 5) is 8.74. The second-order valence-electron chi connectivity index (χ2n) is 6.68. The van der Waals surface area contributed by atoms with Crippen molar-refractivity contribution in [3.8, 4) is 0 Å². The van der Waals surface area contributed by atoms with Crippen LogP contribution in [0.1, 0.15) is 30.1 Å². The lowest BCUT2D eigenvalue weighted by Gasteiger charge is -2.31. The van der Waals surface area contributed by atoms with Crippen LogP contribution in [0.3, 0.4) is 0 Å². The second kappa shape index (κ2) is 8.71. The molecule has 7 heteroatoms. The third-order valence-electron chi connectivity index (χ3n) is 4.94. The highest BCUT2D eigenvalue weighted by Gasteiger charge is 2.28. The van der Waals surface area contributed by atoms with Gasteiger partial charge in [0.15, 0.2) is 0 Å². The van der Waals surface area contributed by atoms with Gasteiger partial charge in [-0.1, -0.05) is 18.2 Å². The van der Waals surface area contributed by atoms with Crippen molar-refractivity contribution in [2.24, 2.45) is 5.73 Å². The molecule has 1 saturated carbocycles. The molecule has 2 heterocycles. The van der Waals surface area contributed by atoms with Crippen LogP contribution in [-0.4, -0.2) is 27.1 Å². The minimum absolute atomic E-state index is 0. The molecule has 3 aromatic rings. The highest BCUT2D eigenvalue weighted by atomic mass is 35.5. The van der Waals surface area contributed by atoms with E-state index in [1.807, 2.05) is 0 Å². The van der Waals surface area contributed by atoms with E-state index in [9.17, 15) is 0 Å². The lowest BCUT2D eigenvalue weighted by atomic mass is 9.79. The van der Waals surface area contributed by atoms with E-state index in [-0.39, 0.29) is 24.8 Å². The maximum absolute atomic E-state index is 5.88. The van der Waals surface area contributed by atoms with Crippen LogP contribution in [0.15, 0.2) is 42.7 Å². The van der Waals surface area contributed by atoms with Gasteiger partial charge >= 0.3 is 0 Å². The number of nitrogens with one attached hydrogen (secondary N) is 1. The predicted molar refractivity (Wildman–Crippen MR) is 112 cm³/mol. The van der Waals surface area contributed by atoms with E-state index in [4.69, 9.17) is 5.73 Å². The molecule has 1 aromatic carbocycles. The van der Waals surface area contributed by atoms with Crippen molar-refractivity contribution in [3.63, 3.8) is 0 Å². The summed E-state index contributed by atoms with van der Waals surface area (Å²) >= 11 is 0. The number of para-hydroxylation sites is 1. The number of anilines is 1. The Balaban J connectivity index is 0.00000121. The summed E-state index contributed by atoms with van der Waals surface area (Å²) in [6.45, 7) is 3.90. The first-order valence-corrected chi connectivity index (χ1v) is 8.57. The Kier molecular flexibility index (Phi) is 6.87. The standard InChI is InChI=1S/C19H23N5.2ClH/c1-13-8-14-4-2-3-5-18(14)24(13)7-6-21-19-11-17(22-12-23-19)15-9-16(20)10-15;;/h2-5,8,11-12,15-16H,6-7,9-10,20H2,1H3,(H,21,22,23);2*1H. The number of halogens is 2. The fourth-order valence-electron chi connectivity index (χ4n) is 3.54. The molecule has 0 aliphatic heterocycles. The first kappa shape index (κ1) is 20.5. The number of hydrogen-bond donors (Lipinski definition) is 2. The van der Waals surface area contributed by atoms with E-state index >= 15 is 0 Å². The van der Waals surface area contributed by atoms with Crippen LogP contribution in [0.5, 0.6) is 0 Å². The fraction of sp³-hybridized carbons (Fsp3) is 0.368. The molecule has 0 unspecified atom stereocenters. The van der Waals surface area contributed by atoms with Gasteiger partial charge in [0.1, 0.15) is 12.1 Å². The maximum atomic E-state index is 5.88. The zero-order valence-corrected chi connectivity index (χ0v) is 16.4. The van der Waals surface area contributed by atoms with Crippen LogP contribution in [0.4, 0.5) is 5.82 Å². The van der Waals surface area contributed by atoms with Crippen LogP contribution in [0.25, 0.3) is 10.9 Å². The molecule has 1 aliphatic rings. The number of benzene rings is 1. The van der Waals surface area contributed by atoms with Gasteiger partial charge in [0, 0.05) is 48.0 Å². The van der Waals surface area contributed by atoms with Crippen LogP contribution in [0, 0.1) is 6.92 Å². The van der Waals surface area contributed by atoms with Crippen molar-refractivity contribution >= 4 is 41.5 Å². The largest absolute Gasteiger partial charge is 0.368 e. The van der Waals surface area contributed by atoms with Crippen molar-refractivity contribution in [2.45, 2.75) is 38.3 Å². The smallest absolute Gasteiger partial charge is 0.129 e. The first-order chi connectivity index (χ1) is 11.7. The minimum atomic E-state index is 0. The summed E-state index contributed by atoms with van der Waals surface area (Å²) in [5, 5.41) is 4.72. The van der Waals surface area contributed by atoms with E-state index in [0.717, 1.165) is 37.4 Å². The molecule has 0 amide bonds. The van der Waals surface area contributed by atoms with Crippen molar-refractivity contribution in [3.05, 3.63) is 54.1 Å². The van der Waals surface area contributed by atoms with Gasteiger partial charge in [0.05, 0.1) is 0 Å². The number of hydrogen-bond acceptors (Lipinski definition) is 4. The Morgan fingerprint density at radius 3 is 2.69 bits per heavy atom. The van der Waals surface area contributed by atoms with Gasteiger partial charge < -0.3 is 15.6 Å². The number of fused-ring (bicyclic) bond motifs is 1. The molecule has 0 spiro atoms. The predicted octanol–water partition coefficient (Wildman–Crippen LogP) is 3.90. The molecule has 1 fully saturated rings. The molecule has 1 aliphatic carbocycles. The minimum Gasteiger partial charge on any atom is -0.368 e. The summed E-state index contributed by atoms with van der Waals surface area (Å²) in [6.07, 6.45) is 3.72. The van der Waals surface area contributed by atoms with E-state index in [1.54, 1.807) is 6.33 Å². The van der Waals surface area contributed by atoms with Gasteiger partial charge in [-0.15, -0.1) is 24.8 Å². The second-order valence-corrected chi connectivity index (χ2v) is 6.68. The van der Waals surface area contributed by atoms with Crippen LogP contribution in [-0.2, 0) is 6.54 Å². The molecule has 140 valence electrons. The van der Waals surface area contributed by atoms with E-state index in [1.165, 1.54) is 16.6 Å². The number of nitrogens with zero attached hydrogens (tertiary/aromatic N) is 3. The molecule has 0 atom stereocenters. The number of aromatic nitrogens is 3. The molecule has 2 aromatic heterocycles. The quantitative estimate of drug-likeness (QED) is 0.689. The van der Waals surface area contributed by atoms with Gasteiger partial charge in [-0.25, -0.2) is 9.97 Å². The summed E-state index contributed by atoms with van der Waals surface area (Å²) in [5.41, 5.74) is 9.55. The Morgan fingerprint density at radius 1 is 1.15 bits per heavy atom. The number of rotatable bonds is 5. The Labute approximate surface area is 166 Å². The monoisotopic (exact) mass is 393 g/mol. The summed E-state index contributed by atoms with van der Waals surface area (Å²) in [6, 6.07) is 13.1. The topological polar surface area (TPSA) is 68.8 Å². The van der Waals surface area contributed by atoms with E-state index < -0.39 is 0 Å². The zero-order chi connectivity index (χ0) is 16.5. The first-order valence-electron chi connectivity index (χ1n) is 8.57. The molecule has 0 saturated heterocycles. The molecule has 3 N–H and O–H groups in total. The average molecular weight is 394 g/mol. The highest BCUT2D eigenvalue weighted by molar-refractivity contribution is 5.85. The molecular weight excluding hydrogens is 369 g/mol. The highest BCUT2D eigenvalue weighted by Crippen LogP contribution is 2.34. The lowest BCUT2D eigenvalue weighted by Crippen LogP contribution is -2.35. The Hall–Kier alpha value is -1.82. The van der Waals surface area contributed by atoms with E-state index in [0.29, 0.717) is 12.0 Å². The molecule has 0 bridgehead atoms. The average Bonchev–Trinajstić information content (AvgIpc) is 2.88. The normalized spacial score (nSPS) is 18.5. The molecule has 4 rings (SSSR count). The zero-order valence-electron chi connectivity index (χ0n) is 14.8. The SMILES string of the molecule is Cc1cc2ccccc2n1CCNc1cc(C2CC(N)C2)ncn1.Cl.Cl. The number of nitrogens with two attached hydrogens (primary N) is 1. The van der Waals surface area contributed by atoms with E-state index in [2.05, 4.69) is 63.2 Å². The third-order valence-corrected chi connectivity index (χ3v) is 4.94. The fourth-order valence-corrected chi connectivity index (χ4v) is 3.54. The molecule has 26 heavy (non-hydrogen) atoms. The van der Waals surface area contributed by atoms with Gasteiger partial charge in [-0.05, 0) is 37.3 Å². The summed E-state index contributed by atoms with van der Waals surface area (Å²) < 4.78 is 2.34. The van der Waals surface area contributed by atoms with Crippen LogP contribution < -0.4 is 11.1 Å². The van der Waals surface area contributed by atoms with Crippen molar-refractivity contribution in [1.29, 1.82) is 0 Å². The third kappa shape index (κ3) is 4.11. The van der Waals surface area contributed by atoms with Gasteiger partial charge in [-0.3, -0.25) is 0 Å². The summed E-state index contributed by atoms with van der Waals surface area (Å²) in [7, 11) is 0.